The van der Waals surface area contributed by atoms with E-state index < -0.39 is 5.97 Å². The lowest BCUT2D eigenvalue weighted by atomic mass is 10.1. The van der Waals surface area contributed by atoms with E-state index in [9.17, 15) is 10.1 Å². The molecule has 0 fully saturated rings. The number of nitriles is 1. The predicted octanol–water partition coefficient (Wildman–Crippen LogP) is 4.72. The van der Waals surface area contributed by atoms with Crippen molar-refractivity contribution in [1.29, 1.82) is 5.26 Å². The molecule has 0 saturated heterocycles. The van der Waals surface area contributed by atoms with Gasteiger partial charge in [0.2, 0.25) is 0 Å². The third-order valence-corrected chi connectivity index (χ3v) is 4.07. The molecule has 1 aromatic carbocycles. The maximum atomic E-state index is 12.0. The number of nitrogens with zero attached hydrogens (tertiary/aromatic N) is 2. The molecule has 0 atom stereocenters. The van der Waals surface area contributed by atoms with E-state index in [0.717, 1.165) is 27.1 Å². The van der Waals surface area contributed by atoms with Crippen molar-refractivity contribution in [2.45, 2.75) is 33.8 Å². The first kappa shape index (κ1) is 18.0. The van der Waals surface area contributed by atoms with Crippen molar-refractivity contribution >= 4 is 28.0 Å². The molecule has 4 nitrogen and oxygen atoms in total. The molecule has 0 radical (unpaired) electrons. The van der Waals surface area contributed by atoms with E-state index in [4.69, 9.17) is 4.74 Å². The summed E-state index contributed by atoms with van der Waals surface area (Å²) in [6.45, 7) is 7.47. The Morgan fingerprint density at radius 1 is 1.29 bits per heavy atom. The lowest BCUT2D eigenvalue weighted by Crippen LogP contribution is -2.12. The van der Waals surface area contributed by atoms with E-state index in [1.165, 1.54) is 0 Å². The van der Waals surface area contributed by atoms with Gasteiger partial charge in [-0.2, -0.15) is 5.26 Å². The second-order valence-electron chi connectivity index (χ2n) is 5.76. The van der Waals surface area contributed by atoms with Crippen LogP contribution in [0.25, 0.3) is 11.8 Å². The first-order chi connectivity index (χ1) is 11.3. The Labute approximate surface area is 150 Å². The first-order valence-electron chi connectivity index (χ1n) is 7.61. The van der Waals surface area contributed by atoms with Gasteiger partial charge in [-0.05, 0) is 69.7 Å². The van der Waals surface area contributed by atoms with Gasteiger partial charge in [0.05, 0.1) is 6.10 Å². The molecule has 5 heteroatoms. The SMILES string of the molecule is Cc1cc(C=C(C#N)C(=O)OC(C)C)c(C)n1-c1ccc(Br)cc1. The van der Waals surface area contributed by atoms with Crippen LogP contribution >= 0.6 is 15.9 Å². The second-order valence-corrected chi connectivity index (χ2v) is 6.68. The van der Waals surface area contributed by atoms with Gasteiger partial charge >= 0.3 is 5.97 Å². The third-order valence-electron chi connectivity index (χ3n) is 3.54. The summed E-state index contributed by atoms with van der Waals surface area (Å²) in [5.41, 5.74) is 3.83. The average Bonchev–Trinajstić information content (AvgIpc) is 2.79. The Bertz CT molecular complexity index is 824. The first-order valence-corrected chi connectivity index (χ1v) is 8.40. The summed E-state index contributed by atoms with van der Waals surface area (Å²) in [6.07, 6.45) is 1.33. The Morgan fingerprint density at radius 3 is 2.46 bits per heavy atom. The third kappa shape index (κ3) is 3.95. The molecule has 2 rings (SSSR count). The monoisotopic (exact) mass is 386 g/mol. The predicted molar refractivity (Wildman–Crippen MR) is 97.8 cm³/mol. The fourth-order valence-electron chi connectivity index (χ4n) is 2.49. The van der Waals surface area contributed by atoms with E-state index in [-0.39, 0.29) is 11.7 Å². The van der Waals surface area contributed by atoms with Gasteiger partial charge in [-0.1, -0.05) is 15.9 Å². The van der Waals surface area contributed by atoms with Gasteiger partial charge in [-0.25, -0.2) is 4.79 Å². The molecule has 1 heterocycles. The second kappa shape index (κ2) is 7.50. The number of benzene rings is 1. The van der Waals surface area contributed by atoms with Crippen LogP contribution in [0.4, 0.5) is 0 Å². The van der Waals surface area contributed by atoms with E-state index in [1.54, 1.807) is 19.9 Å². The molecule has 0 saturated carbocycles. The summed E-state index contributed by atoms with van der Waals surface area (Å²) in [5, 5.41) is 9.25. The Hall–Kier alpha value is -2.32. The molecule has 0 amide bonds. The molecule has 0 N–H and O–H groups in total. The van der Waals surface area contributed by atoms with E-state index in [0.29, 0.717) is 0 Å². The molecule has 0 aliphatic rings. The number of halogens is 1. The Morgan fingerprint density at radius 2 is 1.92 bits per heavy atom. The standard InChI is InChI=1S/C19H19BrN2O2/c1-12(2)24-19(23)16(11-21)10-15-9-13(3)22(14(15)4)18-7-5-17(20)6-8-18/h5-10,12H,1-4H3. The lowest BCUT2D eigenvalue weighted by Gasteiger charge is -2.10. The summed E-state index contributed by atoms with van der Waals surface area (Å²) in [6, 6.07) is 11.9. The largest absolute Gasteiger partial charge is 0.459 e. The number of aromatic nitrogens is 1. The average molecular weight is 387 g/mol. The van der Waals surface area contributed by atoms with E-state index in [2.05, 4.69) is 20.5 Å². The molecule has 0 aliphatic heterocycles. The van der Waals surface area contributed by atoms with Gasteiger partial charge in [0.25, 0.3) is 0 Å². The number of ether oxygens (including phenoxy) is 1. The minimum Gasteiger partial charge on any atom is -0.459 e. The molecular formula is C19H19BrN2O2. The van der Waals surface area contributed by atoms with Gasteiger partial charge < -0.3 is 9.30 Å². The van der Waals surface area contributed by atoms with Gasteiger partial charge in [0.1, 0.15) is 11.6 Å². The highest BCUT2D eigenvalue weighted by Gasteiger charge is 2.15. The smallest absolute Gasteiger partial charge is 0.349 e. The minimum absolute atomic E-state index is 0.000226. The molecule has 124 valence electrons. The van der Waals surface area contributed by atoms with Crippen LogP contribution in [-0.2, 0) is 9.53 Å². The number of hydrogen-bond acceptors (Lipinski definition) is 3. The molecule has 0 spiro atoms. The summed E-state index contributed by atoms with van der Waals surface area (Å²) in [7, 11) is 0. The van der Waals surface area contributed by atoms with Crippen molar-refractivity contribution in [2.24, 2.45) is 0 Å². The maximum absolute atomic E-state index is 12.0. The summed E-state index contributed by atoms with van der Waals surface area (Å²) >= 11 is 3.43. The van der Waals surface area contributed by atoms with Crippen LogP contribution in [0.5, 0.6) is 0 Å². The van der Waals surface area contributed by atoms with Crippen molar-refractivity contribution in [1.82, 2.24) is 4.57 Å². The van der Waals surface area contributed by atoms with Gasteiger partial charge in [-0.3, -0.25) is 0 Å². The van der Waals surface area contributed by atoms with Crippen molar-refractivity contribution in [3.8, 4) is 11.8 Å². The molecule has 1 aromatic heterocycles. The van der Waals surface area contributed by atoms with Gasteiger partial charge in [0.15, 0.2) is 0 Å². The quantitative estimate of drug-likeness (QED) is 0.434. The number of esters is 1. The van der Waals surface area contributed by atoms with Crippen LogP contribution in [0.3, 0.4) is 0 Å². The van der Waals surface area contributed by atoms with Crippen molar-refractivity contribution < 1.29 is 9.53 Å². The molecule has 0 unspecified atom stereocenters. The van der Waals surface area contributed by atoms with E-state index >= 15 is 0 Å². The van der Waals surface area contributed by atoms with Gasteiger partial charge in [-0.15, -0.1) is 0 Å². The van der Waals surface area contributed by atoms with Gasteiger partial charge in [0, 0.05) is 21.5 Å². The topological polar surface area (TPSA) is 55.0 Å². The highest BCUT2D eigenvalue weighted by Crippen LogP contribution is 2.24. The summed E-state index contributed by atoms with van der Waals surface area (Å²) in [4.78, 5) is 12.0. The lowest BCUT2D eigenvalue weighted by molar-refractivity contribution is -0.142. The number of aryl methyl sites for hydroxylation is 1. The Kier molecular flexibility index (Phi) is 5.63. The zero-order valence-corrected chi connectivity index (χ0v) is 15.7. The molecular weight excluding hydrogens is 368 g/mol. The zero-order valence-electron chi connectivity index (χ0n) is 14.1. The van der Waals surface area contributed by atoms with Crippen LogP contribution in [0, 0.1) is 25.2 Å². The maximum Gasteiger partial charge on any atom is 0.349 e. The normalized spacial score (nSPS) is 11.5. The van der Waals surface area contributed by atoms with E-state index in [1.807, 2.05) is 50.2 Å². The highest BCUT2D eigenvalue weighted by molar-refractivity contribution is 9.10. The molecule has 0 bridgehead atoms. The fourth-order valence-corrected chi connectivity index (χ4v) is 2.76. The number of hydrogen-bond donors (Lipinski definition) is 0. The molecule has 2 aromatic rings. The van der Waals surface area contributed by atoms with Crippen LogP contribution in [-0.4, -0.2) is 16.6 Å². The summed E-state index contributed by atoms with van der Waals surface area (Å²) < 4.78 is 8.20. The van der Waals surface area contributed by atoms with Crippen LogP contribution in [0.2, 0.25) is 0 Å². The number of rotatable bonds is 4. The van der Waals surface area contributed by atoms with Crippen LogP contribution < -0.4 is 0 Å². The summed E-state index contributed by atoms with van der Waals surface area (Å²) in [5.74, 6) is -0.596. The number of carbonyl (C=O) groups is 1. The van der Waals surface area contributed by atoms with Crippen LogP contribution in [0.1, 0.15) is 30.8 Å². The molecule has 24 heavy (non-hydrogen) atoms. The van der Waals surface area contributed by atoms with Crippen molar-refractivity contribution in [3.63, 3.8) is 0 Å². The Balaban J connectivity index is 2.44. The highest BCUT2D eigenvalue weighted by atomic mass is 79.9. The molecule has 0 aliphatic carbocycles. The fraction of sp³-hybridized carbons (Fsp3) is 0.263. The minimum atomic E-state index is -0.596. The number of carbonyl (C=O) groups excluding carboxylic acids is 1. The zero-order chi connectivity index (χ0) is 17.9. The van der Waals surface area contributed by atoms with Crippen LogP contribution in [0.15, 0.2) is 40.4 Å². The van der Waals surface area contributed by atoms with Crippen molar-refractivity contribution in [2.75, 3.05) is 0 Å². The van der Waals surface area contributed by atoms with Crippen molar-refractivity contribution in [3.05, 3.63) is 57.3 Å².